The maximum Gasteiger partial charge on any atom is 0.307 e. The average molecular weight is 396 g/mol. The number of aromatic nitrogens is 2. The van der Waals surface area contributed by atoms with E-state index in [2.05, 4.69) is 5.10 Å². The summed E-state index contributed by atoms with van der Waals surface area (Å²) in [5.41, 5.74) is 1.33. The Hall–Kier alpha value is -3.75. The standard InChI is InChI=1S/C20H20N4O5/c1-22(15-6-8-16(9-7-15)24(27)28)12-13-29-20(26)10-11-23-18-5-3-2-4-17(18)19(25)14-21-23/h2-9,14H,10-13H2,1H3. The van der Waals surface area contributed by atoms with Crippen molar-refractivity contribution in [2.24, 2.45) is 0 Å². The first-order valence-corrected chi connectivity index (χ1v) is 9.02. The van der Waals surface area contributed by atoms with Crippen LogP contribution in [0, 0.1) is 10.1 Å². The zero-order valence-corrected chi connectivity index (χ0v) is 15.9. The minimum Gasteiger partial charge on any atom is -0.464 e. The summed E-state index contributed by atoms with van der Waals surface area (Å²) in [7, 11) is 1.81. The third-order valence-corrected chi connectivity index (χ3v) is 4.48. The van der Waals surface area contributed by atoms with Gasteiger partial charge < -0.3 is 9.64 Å². The topological polar surface area (TPSA) is 108 Å². The molecule has 0 amide bonds. The molecule has 150 valence electrons. The Morgan fingerprint density at radius 3 is 2.66 bits per heavy atom. The summed E-state index contributed by atoms with van der Waals surface area (Å²) in [6, 6.07) is 13.3. The number of hydrogen-bond acceptors (Lipinski definition) is 7. The lowest BCUT2D eigenvalue weighted by Gasteiger charge is -2.19. The summed E-state index contributed by atoms with van der Waals surface area (Å²) in [5.74, 6) is -0.369. The van der Waals surface area contributed by atoms with Crippen LogP contribution in [0.1, 0.15) is 6.42 Å². The summed E-state index contributed by atoms with van der Waals surface area (Å²) in [6.07, 6.45) is 1.37. The van der Waals surface area contributed by atoms with Crippen molar-refractivity contribution < 1.29 is 14.5 Å². The third-order valence-electron chi connectivity index (χ3n) is 4.48. The molecule has 0 saturated carbocycles. The van der Waals surface area contributed by atoms with E-state index in [0.29, 0.717) is 24.0 Å². The molecular formula is C20H20N4O5. The van der Waals surface area contributed by atoms with E-state index in [1.54, 1.807) is 35.0 Å². The fourth-order valence-corrected chi connectivity index (χ4v) is 2.86. The smallest absolute Gasteiger partial charge is 0.307 e. The van der Waals surface area contributed by atoms with E-state index in [9.17, 15) is 19.7 Å². The van der Waals surface area contributed by atoms with Gasteiger partial charge in [0.15, 0.2) is 0 Å². The van der Waals surface area contributed by atoms with Crippen molar-refractivity contribution in [1.82, 2.24) is 9.78 Å². The van der Waals surface area contributed by atoms with Crippen molar-refractivity contribution in [3.63, 3.8) is 0 Å². The van der Waals surface area contributed by atoms with Crippen molar-refractivity contribution in [2.45, 2.75) is 13.0 Å². The van der Waals surface area contributed by atoms with Crippen LogP contribution in [0.3, 0.4) is 0 Å². The van der Waals surface area contributed by atoms with Gasteiger partial charge in [0.2, 0.25) is 5.43 Å². The number of carbonyl (C=O) groups is 1. The van der Waals surface area contributed by atoms with Crippen LogP contribution in [0.5, 0.6) is 0 Å². The van der Waals surface area contributed by atoms with Gasteiger partial charge in [-0.15, -0.1) is 0 Å². The zero-order chi connectivity index (χ0) is 20.8. The molecule has 0 unspecified atom stereocenters. The van der Waals surface area contributed by atoms with Crippen LogP contribution < -0.4 is 10.3 Å². The van der Waals surface area contributed by atoms with E-state index in [-0.39, 0.29) is 30.1 Å². The van der Waals surface area contributed by atoms with Gasteiger partial charge in [0.25, 0.3) is 5.69 Å². The molecule has 9 heteroatoms. The number of nitrogens with zero attached hydrogens (tertiary/aromatic N) is 4. The molecule has 0 spiro atoms. The van der Waals surface area contributed by atoms with Gasteiger partial charge >= 0.3 is 5.97 Å². The maximum atomic E-state index is 12.0. The number of fused-ring (bicyclic) bond motifs is 1. The van der Waals surface area contributed by atoms with Crippen molar-refractivity contribution in [3.8, 4) is 0 Å². The number of carbonyl (C=O) groups excluding carboxylic acids is 1. The van der Waals surface area contributed by atoms with Gasteiger partial charge in [-0.25, -0.2) is 0 Å². The molecule has 1 aromatic heterocycles. The van der Waals surface area contributed by atoms with E-state index in [4.69, 9.17) is 4.74 Å². The first kappa shape index (κ1) is 20.0. The van der Waals surface area contributed by atoms with Gasteiger partial charge in [-0.3, -0.25) is 24.4 Å². The molecule has 9 nitrogen and oxygen atoms in total. The van der Waals surface area contributed by atoms with Gasteiger partial charge in [0.1, 0.15) is 6.61 Å². The second-order valence-electron chi connectivity index (χ2n) is 6.41. The SMILES string of the molecule is CN(CCOC(=O)CCn1ncc(=O)c2ccccc21)c1ccc([N+](=O)[O-])cc1. The highest BCUT2D eigenvalue weighted by atomic mass is 16.6. The van der Waals surface area contributed by atoms with Crippen molar-refractivity contribution in [3.05, 3.63) is 75.1 Å². The summed E-state index contributed by atoms with van der Waals surface area (Å²) < 4.78 is 6.87. The molecule has 0 bridgehead atoms. The molecule has 0 fully saturated rings. The second-order valence-corrected chi connectivity index (χ2v) is 6.41. The fourth-order valence-electron chi connectivity index (χ4n) is 2.86. The van der Waals surface area contributed by atoms with Crippen molar-refractivity contribution in [2.75, 3.05) is 25.1 Å². The normalized spacial score (nSPS) is 10.7. The third kappa shape index (κ3) is 4.95. The number of likely N-dealkylation sites (N-methyl/N-ethyl adjacent to an activating group) is 1. The van der Waals surface area contributed by atoms with Gasteiger partial charge in [-0.2, -0.15) is 5.10 Å². The number of hydrogen-bond donors (Lipinski definition) is 0. The number of aryl methyl sites for hydroxylation is 1. The number of nitro groups is 1. The second kappa shape index (κ2) is 8.96. The lowest BCUT2D eigenvalue weighted by Crippen LogP contribution is -2.24. The van der Waals surface area contributed by atoms with Crippen molar-refractivity contribution in [1.29, 1.82) is 0 Å². The first-order valence-electron chi connectivity index (χ1n) is 9.02. The first-order chi connectivity index (χ1) is 14.0. The number of nitro benzene ring substituents is 1. The number of benzene rings is 2. The highest BCUT2D eigenvalue weighted by molar-refractivity contribution is 5.78. The van der Waals surface area contributed by atoms with Crippen LogP contribution in [-0.4, -0.2) is 40.9 Å². The molecular weight excluding hydrogens is 376 g/mol. The molecule has 29 heavy (non-hydrogen) atoms. The minimum absolute atomic E-state index is 0.0252. The average Bonchev–Trinajstić information content (AvgIpc) is 2.73. The van der Waals surface area contributed by atoms with Gasteiger partial charge in [-0.05, 0) is 24.3 Å². The number of para-hydroxylation sites is 1. The Kier molecular flexibility index (Phi) is 6.18. The molecule has 0 atom stereocenters. The quantitative estimate of drug-likeness (QED) is 0.327. The highest BCUT2D eigenvalue weighted by Gasteiger charge is 2.09. The largest absolute Gasteiger partial charge is 0.464 e. The number of ether oxygens (including phenoxy) is 1. The Balaban J connectivity index is 1.49. The number of anilines is 1. The number of esters is 1. The van der Waals surface area contributed by atoms with Crippen LogP contribution in [0.15, 0.2) is 59.5 Å². The molecule has 0 radical (unpaired) electrons. The zero-order valence-electron chi connectivity index (χ0n) is 15.9. The monoisotopic (exact) mass is 396 g/mol. The lowest BCUT2D eigenvalue weighted by atomic mass is 10.2. The van der Waals surface area contributed by atoms with Crippen LogP contribution in [0.2, 0.25) is 0 Å². The van der Waals surface area contributed by atoms with Gasteiger partial charge in [0, 0.05) is 30.3 Å². The van der Waals surface area contributed by atoms with E-state index in [1.807, 2.05) is 18.0 Å². The van der Waals surface area contributed by atoms with E-state index >= 15 is 0 Å². The van der Waals surface area contributed by atoms with E-state index in [0.717, 1.165) is 5.69 Å². The van der Waals surface area contributed by atoms with Gasteiger partial charge in [0.05, 0.1) is 36.1 Å². The predicted molar refractivity (Wildman–Crippen MR) is 108 cm³/mol. The molecule has 0 N–H and O–H groups in total. The number of non-ortho nitro benzene ring substituents is 1. The predicted octanol–water partition coefficient (Wildman–Crippen LogP) is 2.37. The molecule has 0 aliphatic heterocycles. The summed E-state index contributed by atoms with van der Waals surface area (Å²) in [5, 5.41) is 15.3. The number of rotatable bonds is 8. The van der Waals surface area contributed by atoms with E-state index in [1.165, 1.54) is 18.3 Å². The molecule has 0 aliphatic carbocycles. The molecule has 3 rings (SSSR count). The Morgan fingerprint density at radius 1 is 1.21 bits per heavy atom. The highest BCUT2D eigenvalue weighted by Crippen LogP contribution is 2.18. The molecule has 0 saturated heterocycles. The Bertz CT molecular complexity index is 1080. The molecule has 0 aliphatic rings. The molecule has 3 aromatic rings. The van der Waals surface area contributed by atoms with Gasteiger partial charge in [-0.1, -0.05) is 12.1 Å². The summed E-state index contributed by atoms with van der Waals surface area (Å²) in [6.45, 7) is 0.936. The molecule has 1 heterocycles. The maximum absolute atomic E-state index is 12.0. The minimum atomic E-state index is -0.452. The van der Waals surface area contributed by atoms with Crippen LogP contribution in [0.25, 0.3) is 10.9 Å². The van der Waals surface area contributed by atoms with Crippen LogP contribution in [-0.2, 0) is 16.1 Å². The van der Waals surface area contributed by atoms with Crippen molar-refractivity contribution >= 4 is 28.2 Å². The Labute approximate surface area is 166 Å². The van der Waals surface area contributed by atoms with Crippen LogP contribution in [0.4, 0.5) is 11.4 Å². The summed E-state index contributed by atoms with van der Waals surface area (Å²) in [4.78, 5) is 36.0. The fraction of sp³-hybridized carbons (Fsp3) is 0.250. The lowest BCUT2D eigenvalue weighted by molar-refractivity contribution is -0.384. The molecule has 2 aromatic carbocycles. The summed E-state index contributed by atoms with van der Waals surface area (Å²) >= 11 is 0. The van der Waals surface area contributed by atoms with E-state index < -0.39 is 4.92 Å². The van der Waals surface area contributed by atoms with Crippen LogP contribution >= 0.6 is 0 Å². The Morgan fingerprint density at radius 2 is 1.93 bits per heavy atom.